The van der Waals surface area contributed by atoms with Crippen molar-refractivity contribution in [2.45, 2.75) is 33.1 Å². The van der Waals surface area contributed by atoms with Crippen LogP contribution in [0.3, 0.4) is 0 Å². The third-order valence-electron chi connectivity index (χ3n) is 4.90. The van der Waals surface area contributed by atoms with Crippen molar-refractivity contribution in [2.24, 2.45) is 11.8 Å². The molecule has 1 heterocycles. The molecule has 0 unspecified atom stereocenters. The Hall–Kier alpha value is -2.41. The van der Waals surface area contributed by atoms with E-state index in [1.54, 1.807) is 36.3 Å². The number of benzene rings is 1. The van der Waals surface area contributed by atoms with Gasteiger partial charge in [0.25, 0.3) is 5.91 Å². The second-order valence-electron chi connectivity index (χ2n) is 7.43. The van der Waals surface area contributed by atoms with E-state index in [4.69, 9.17) is 4.74 Å². The van der Waals surface area contributed by atoms with E-state index in [2.05, 4.69) is 10.6 Å². The average molecular weight is 389 g/mol. The fraction of sp³-hybridized carbons (Fsp3) is 0.571. The summed E-state index contributed by atoms with van der Waals surface area (Å²) in [4.78, 5) is 38.4. The van der Waals surface area contributed by atoms with Gasteiger partial charge in [-0.1, -0.05) is 13.8 Å². The van der Waals surface area contributed by atoms with Crippen LogP contribution in [-0.4, -0.2) is 56.0 Å². The van der Waals surface area contributed by atoms with E-state index in [0.29, 0.717) is 50.3 Å². The van der Waals surface area contributed by atoms with Crippen LogP contribution in [-0.2, 0) is 14.3 Å². The largest absolute Gasteiger partial charge is 0.385 e. The fourth-order valence-electron chi connectivity index (χ4n) is 3.08. The van der Waals surface area contributed by atoms with Gasteiger partial charge >= 0.3 is 0 Å². The van der Waals surface area contributed by atoms with Gasteiger partial charge in [0.05, 0.1) is 0 Å². The van der Waals surface area contributed by atoms with Crippen molar-refractivity contribution in [1.82, 2.24) is 10.2 Å². The van der Waals surface area contributed by atoms with Crippen molar-refractivity contribution in [1.29, 1.82) is 0 Å². The van der Waals surface area contributed by atoms with Crippen molar-refractivity contribution in [3.63, 3.8) is 0 Å². The quantitative estimate of drug-likeness (QED) is 0.668. The van der Waals surface area contributed by atoms with Gasteiger partial charge in [0.2, 0.25) is 11.8 Å². The molecule has 2 N–H and O–H groups in total. The molecule has 28 heavy (non-hydrogen) atoms. The number of carbonyl (C=O) groups is 3. The van der Waals surface area contributed by atoms with Crippen LogP contribution in [0, 0.1) is 11.8 Å². The molecule has 1 saturated heterocycles. The molecule has 0 saturated carbocycles. The summed E-state index contributed by atoms with van der Waals surface area (Å²) in [5.41, 5.74) is 1.27. The topological polar surface area (TPSA) is 87.7 Å². The number of ether oxygens (including phenoxy) is 1. The smallest absolute Gasteiger partial charge is 0.253 e. The number of piperidine rings is 1. The minimum atomic E-state index is -0.0974. The molecule has 1 aliphatic rings. The van der Waals surface area contributed by atoms with Crippen LogP contribution in [0.1, 0.15) is 43.5 Å². The summed E-state index contributed by atoms with van der Waals surface area (Å²) in [5, 5.41) is 5.75. The number of carbonyl (C=O) groups excluding carboxylic acids is 3. The van der Waals surface area contributed by atoms with Gasteiger partial charge in [-0.3, -0.25) is 14.4 Å². The van der Waals surface area contributed by atoms with E-state index in [1.807, 2.05) is 13.8 Å². The number of hydrogen-bond donors (Lipinski definition) is 2. The van der Waals surface area contributed by atoms with Crippen molar-refractivity contribution >= 4 is 23.4 Å². The number of amides is 3. The number of anilines is 1. The molecular weight excluding hydrogens is 358 g/mol. The zero-order chi connectivity index (χ0) is 20.5. The Morgan fingerprint density at radius 3 is 2.36 bits per heavy atom. The molecule has 0 bridgehead atoms. The number of likely N-dealkylation sites (tertiary alicyclic amines) is 1. The van der Waals surface area contributed by atoms with E-state index in [1.165, 1.54) is 0 Å². The number of methoxy groups -OCH3 is 1. The highest BCUT2D eigenvalue weighted by Crippen LogP contribution is 2.20. The molecular formula is C21H31N3O4. The molecule has 0 spiro atoms. The summed E-state index contributed by atoms with van der Waals surface area (Å²) >= 11 is 0. The molecule has 7 nitrogen and oxygen atoms in total. The van der Waals surface area contributed by atoms with E-state index >= 15 is 0 Å². The Kier molecular flexibility index (Phi) is 8.44. The summed E-state index contributed by atoms with van der Waals surface area (Å²) in [6.45, 7) is 6.05. The maximum Gasteiger partial charge on any atom is 0.253 e. The van der Waals surface area contributed by atoms with Gasteiger partial charge in [-0.15, -0.1) is 0 Å². The Bertz CT molecular complexity index is 665. The molecule has 1 aromatic carbocycles. The summed E-state index contributed by atoms with van der Waals surface area (Å²) in [7, 11) is 1.64. The second-order valence-corrected chi connectivity index (χ2v) is 7.43. The molecule has 7 heteroatoms. The van der Waals surface area contributed by atoms with Gasteiger partial charge in [0, 0.05) is 56.4 Å². The summed E-state index contributed by atoms with van der Waals surface area (Å²) < 4.78 is 4.97. The minimum absolute atomic E-state index is 0.0410. The second kappa shape index (κ2) is 10.8. The van der Waals surface area contributed by atoms with Crippen molar-refractivity contribution in [3.8, 4) is 0 Å². The monoisotopic (exact) mass is 389 g/mol. The lowest BCUT2D eigenvalue weighted by Crippen LogP contribution is -2.43. The number of hydrogen-bond acceptors (Lipinski definition) is 4. The Balaban J connectivity index is 1.81. The molecule has 3 amide bonds. The fourth-order valence-corrected chi connectivity index (χ4v) is 3.08. The maximum absolute atomic E-state index is 12.7. The highest BCUT2D eigenvalue weighted by molar-refractivity contribution is 5.96. The molecule has 0 aliphatic carbocycles. The van der Waals surface area contributed by atoms with Crippen LogP contribution < -0.4 is 10.6 Å². The zero-order valence-electron chi connectivity index (χ0n) is 17.0. The van der Waals surface area contributed by atoms with Gasteiger partial charge in [0.1, 0.15) is 0 Å². The van der Waals surface area contributed by atoms with Gasteiger partial charge < -0.3 is 20.3 Å². The van der Waals surface area contributed by atoms with Crippen molar-refractivity contribution in [2.75, 3.05) is 38.7 Å². The SMILES string of the molecule is COCCCNC(=O)C1CCN(C(=O)c2ccc(NC(=O)C(C)C)cc2)CC1. The molecule has 154 valence electrons. The first-order valence-electron chi connectivity index (χ1n) is 9.89. The number of nitrogens with zero attached hydrogens (tertiary/aromatic N) is 1. The molecule has 0 radical (unpaired) electrons. The van der Waals surface area contributed by atoms with Crippen LogP contribution in [0.5, 0.6) is 0 Å². The Morgan fingerprint density at radius 1 is 1.14 bits per heavy atom. The summed E-state index contributed by atoms with van der Waals surface area (Å²) in [6.07, 6.45) is 2.14. The molecule has 1 aliphatic heterocycles. The van der Waals surface area contributed by atoms with Crippen LogP contribution in [0.25, 0.3) is 0 Å². The van der Waals surface area contributed by atoms with Crippen LogP contribution in [0.2, 0.25) is 0 Å². The van der Waals surface area contributed by atoms with Gasteiger partial charge in [-0.25, -0.2) is 0 Å². The Labute approximate surface area is 166 Å². The average Bonchev–Trinajstić information content (AvgIpc) is 2.71. The van der Waals surface area contributed by atoms with Crippen LogP contribution in [0.15, 0.2) is 24.3 Å². The lowest BCUT2D eigenvalue weighted by molar-refractivity contribution is -0.126. The predicted octanol–water partition coefficient (Wildman–Crippen LogP) is 2.29. The molecule has 2 rings (SSSR count). The number of rotatable bonds is 8. The predicted molar refractivity (Wildman–Crippen MR) is 108 cm³/mol. The first-order chi connectivity index (χ1) is 13.4. The Morgan fingerprint density at radius 2 is 1.79 bits per heavy atom. The summed E-state index contributed by atoms with van der Waals surface area (Å²) in [6, 6.07) is 6.95. The first-order valence-corrected chi connectivity index (χ1v) is 9.89. The number of nitrogens with one attached hydrogen (secondary N) is 2. The summed E-state index contributed by atoms with van der Waals surface area (Å²) in [5.74, 6) is -0.171. The molecule has 0 aromatic heterocycles. The van der Waals surface area contributed by atoms with E-state index in [9.17, 15) is 14.4 Å². The van der Waals surface area contributed by atoms with Gasteiger partial charge in [0.15, 0.2) is 0 Å². The highest BCUT2D eigenvalue weighted by atomic mass is 16.5. The van der Waals surface area contributed by atoms with E-state index < -0.39 is 0 Å². The molecule has 1 aromatic rings. The van der Waals surface area contributed by atoms with Gasteiger partial charge in [-0.05, 0) is 43.5 Å². The lowest BCUT2D eigenvalue weighted by Gasteiger charge is -2.31. The first kappa shape index (κ1) is 21.9. The minimum Gasteiger partial charge on any atom is -0.385 e. The van der Waals surface area contributed by atoms with Crippen LogP contribution in [0.4, 0.5) is 5.69 Å². The third kappa shape index (κ3) is 6.34. The van der Waals surface area contributed by atoms with Crippen molar-refractivity contribution in [3.05, 3.63) is 29.8 Å². The normalized spacial score (nSPS) is 14.8. The molecule has 0 atom stereocenters. The van der Waals surface area contributed by atoms with Gasteiger partial charge in [-0.2, -0.15) is 0 Å². The maximum atomic E-state index is 12.7. The van der Waals surface area contributed by atoms with Crippen LogP contribution >= 0.6 is 0 Å². The lowest BCUT2D eigenvalue weighted by atomic mass is 9.95. The standard InChI is InChI=1S/C21H31N3O4/c1-15(2)19(25)23-18-7-5-17(6-8-18)21(27)24-12-9-16(10-13-24)20(26)22-11-4-14-28-3/h5-8,15-16H,4,9-14H2,1-3H3,(H,22,26)(H,23,25). The third-order valence-corrected chi connectivity index (χ3v) is 4.90. The molecule has 1 fully saturated rings. The van der Waals surface area contributed by atoms with E-state index in [0.717, 1.165) is 6.42 Å². The highest BCUT2D eigenvalue weighted by Gasteiger charge is 2.27. The zero-order valence-corrected chi connectivity index (χ0v) is 17.0. The van der Waals surface area contributed by atoms with Crippen molar-refractivity contribution < 1.29 is 19.1 Å². The van der Waals surface area contributed by atoms with E-state index in [-0.39, 0.29) is 29.6 Å².